The van der Waals surface area contributed by atoms with Crippen molar-refractivity contribution in [2.45, 2.75) is 70.7 Å². The molecule has 0 aromatic rings. The summed E-state index contributed by atoms with van der Waals surface area (Å²) in [5.74, 6) is -0.440. The molecule has 0 bridgehead atoms. The third kappa shape index (κ3) is 3.35. The highest BCUT2D eigenvalue weighted by molar-refractivity contribution is 5.03. The first-order chi connectivity index (χ1) is 9.16. The molecule has 0 radical (unpaired) electrons. The Morgan fingerprint density at radius 3 is 1.90 bits per heavy atom. The van der Waals surface area contributed by atoms with Gasteiger partial charge in [0, 0.05) is 36.4 Å². The van der Waals surface area contributed by atoms with E-state index in [1.807, 2.05) is 0 Å². The van der Waals surface area contributed by atoms with Gasteiger partial charge in [-0.15, -0.1) is 0 Å². The summed E-state index contributed by atoms with van der Waals surface area (Å²) in [6.45, 7) is 13.2. The van der Waals surface area contributed by atoms with E-state index in [1.54, 1.807) is 7.11 Å². The summed E-state index contributed by atoms with van der Waals surface area (Å²) in [5, 5.41) is 3.68. The maximum atomic E-state index is 6.29. The maximum Gasteiger partial charge on any atom is 0.171 e. The van der Waals surface area contributed by atoms with Crippen LogP contribution in [0.2, 0.25) is 0 Å². The van der Waals surface area contributed by atoms with Crippen molar-refractivity contribution in [1.82, 2.24) is 5.32 Å². The number of nitrogens with one attached hydrogen (secondary N) is 1. The minimum Gasteiger partial charge on any atom is -0.384 e. The molecular weight excluding hydrogens is 254 g/mol. The molecule has 0 aliphatic carbocycles. The van der Waals surface area contributed by atoms with Crippen molar-refractivity contribution in [1.29, 1.82) is 0 Å². The first-order valence-corrected chi connectivity index (χ1v) is 7.72. The third-order valence-electron chi connectivity index (χ3n) is 4.58. The smallest absolute Gasteiger partial charge is 0.171 e. The van der Waals surface area contributed by atoms with Crippen molar-refractivity contribution < 1.29 is 14.2 Å². The molecule has 0 atom stereocenters. The van der Waals surface area contributed by atoms with Gasteiger partial charge >= 0.3 is 0 Å². The lowest BCUT2D eigenvalue weighted by Crippen LogP contribution is -2.67. The number of methoxy groups -OCH3 is 1. The Kier molecular flexibility index (Phi) is 4.25. The van der Waals surface area contributed by atoms with Crippen molar-refractivity contribution in [3.05, 3.63) is 0 Å². The summed E-state index contributed by atoms with van der Waals surface area (Å²) in [5.41, 5.74) is 0.0591. The number of piperidine rings is 1. The van der Waals surface area contributed by atoms with E-state index >= 15 is 0 Å². The van der Waals surface area contributed by atoms with Gasteiger partial charge in [-0.05, 0) is 34.1 Å². The molecule has 0 saturated carbocycles. The molecule has 2 heterocycles. The summed E-state index contributed by atoms with van der Waals surface area (Å²) >= 11 is 0. The highest BCUT2D eigenvalue weighted by Crippen LogP contribution is 2.44. The van der Waals surface area contributed by atoms with E-state index < -0.39 is 5.79 Å². The molecule has 2 aliphatic rings. The van der Waals surface area contributed by atoms with Crippen LogP contribution in [-0.4, -0.2) is 43.8 Å². The summed E-state index contributed by atoms with van der Waals surface area (Å²) < 4.78 is 18.0. The number of ether oxygens (including phenoxy) is 3. The molecule has 4 heteroatoms. The van der Waals surface area contributed by atoms with Crippen LogP contribution in [0.3, 0.4) is 0 Å². The second kappa shape index (κ2) is 5.24. The molecule has 1 spiro atoms. The molecule has 0 aromatic heterocycles. The zero-order valence-corrected chi connectivity index (χ0v) is 14.0. The molecule has 2 fully saturated rings. The van der Waals surface area contributed by atoms with Gasteiger partial charge in [0.2, 0.25) is 0 Å². The fourth-order valence-electron chi connectivity index (χ4n) is 3.97. The van der Waals surface area contributed by atoms with Crippen molar-refractivity contribution in [2.75, 3.05) is 26.9 Å². The van der Waals surface area contributed by atoms with E-state index in [0.717, 1.165) is 32.5 Å². The molecule has 118 valence electrons. The van der Waals surface area contributed by atoms with E-state index in [2.05, 4.69) is 39.9 Å². The summed E-state index contributed by atoms with van der Waals surface area (Å²) in [7, 11) is 1.75. The minimum atomic E-state index is -0.440. The van der Waals surface area contributed by atoms with Crippen LogP contribution in [-0.2, 0) is 14.2 Å². The predicted molar refractivity (Wildman–Crippen MR) is 79.8 cm³/mol. The molecular formula is C16H31NO3. The van der Waals surface area contributed by atoms with Crippen LogP contribution < -0.4 is 5.32 Å². The van der Waals surface area contributed by atoms with Crippen LogP contribution in [0.1, 0.15) is 53.9 Å². The molecule has 0 aromatic carbocycles. The van der Waals surface area contributed by atoms with Crippen LogP contribution in [0.15, 0.2) is 0 Å². The largest absolute Gasteiger partial charge is 0.384 e. The quantitative estimate of drug-likeness (QED) is 0.865. The van der Waals surface area contributed by atoms with Gasteiger partial charge in [-0.2, -0.15) is 0 Å². The van der Waals surface area contributed by atoms with Gasteiger partial charge in [-0.25, -0.2) is 0 Å². The van der Waals surface area contributed by atoms with Crippen molar-refractivity contribution in [3.8, 4) is 0 Å². The van der Waals surface area contributed by atoms with Crippen LogP contribution in [0.25, 0.3) is 0 Å². The van der Waals surface area contributed by atoms with Gasteiger partial charge in [0.1, 0.15) is 0 Å². The average Bonchev–Trinajstić information content (AvgIpc) is 2.29. The predicted octanol–water partition coefficient (Wildman–Crippen LogP) is 2.71. The van der Waals surface area contributed by atoms with E-state index in [0.29, 0.717) is 6.61 Å². The molecule has 1 N–H and O–H groups in total. The van der Waals surface area contributed by atoms with Crippen LogP contribution in [0, 0.1) is 5.41 Å². The molecule has 0 unspecified atom stereocenters. The summed E-state index contributed by atoms with van der Waals surface area (Å²) in [6.07, 6.45) is 2.79. The lowest BCUT2D eigenvalue weighted by atomic mass is 9.77. The fraction of sp³-hybridized carbons (Fsp3) is 1.00. The zero-order valence-electron chi connectivity index (χ0n) is 14.0. The van der Waals surface area contributed by atoms with Gasteiger partial charge in [0.25, 0.3) is 0 Å². The Labute approximate surface area is 123 Å². The van der Waals surface area contributed by atoms with Gasteiger partial charge in [0.05, 0.1) is 19.8 Å². The third-order valence-corrected chi connectivity index (χ3v) is 4.58. The fourth-order valence-corrected chi connectivity index (χ4v) is 3.97. The van der Waals surface area contributed by atoms with Crippen LogP contribution >= 0.6 is 0 Å². The van der Waals surface area contributed by atoms with Crippen LogP contribution in [0.4, 0.5) is 0 Å². The Balaban J connectivity index is 2.11. The summed E-state index contributed by atoms with van der Waals surface area (Å²) in [4.78, 5) is 0. The first-order valence-electron chi connectivity index (χ1n) is 7.72. The van der Waals surface area contributed by atoms with Crippen LogP contribution in [0.5, 0.6) is 0 Å². The van der Waals surface area contributed by atoms with Crippen molar-refractivity contribution >= 4 is 0 Å². The Hall–Kier alpha value is -0.160. The molecule has 2 aliphatic heterocycles. The van der Waals surface area contributed by atoms with Crippen molar-refractivity contribution in [2.24, 2.45) is 5.41 Å². The van der Waals surface area contributed by atoms with Gasteiger partial charge in [-0.1, -0.05) is 6.92 Å². The Morgan fingerprint density at radius 1 is 1.00 bits per heavy atom. The Morgan fingerprint density at radius 2 is 1.50 bits per heavy atom. The highest BCUT2D eigenvalue weighted by atomic mass is 16.7. The standard InChI is InChI=1S/C16H31NO3/c1-7-15(10-18-6)11-19-16(20-12-15)8-13(2,3)17-14(4,5)9-16/h17H,7-12H2,1-6H3. The number of rotatable bonds is 3. The molecule has 4 nitrogen and oxygen atoms in total. The monoisotopic (exact) mass is 285 g/mol. The lowest BCUT2D eigenvalue weighted by molar-refractivity contribution is -0.332. The van der Waals surface area contributed by atoms with E-state index in [-0.39, 0.29) is 16.5 Å². The van der Waals surface area contributed by atoms with E-state index in [4.69, 9.17) is 14.2 Å². The lowest BCUT2D eigenvalue weighted by Gasteiger charge is -2.55. The van der Waals surface area contributed by atoms with E-state index in [9.17, 15) is 0 Å². The van der Waals surface area contributed by atoms with Gasteiger partial charge < -0.3 is 19.5 Å². The molecule has 20 heavy (non-hydrogen) atoms. The average molecular weight is 285 g/mol. The van der Waals surface area contributed by atoms with Gasteiger partial charge in [0.15, 0.2) is 5.79 Å². The molecule has 0 amide bonds. The summed E-state index contributed by atoms with van der Waals surface area (Å²) in [6, 6.07) is 0. The molecule has 2 rings (SSSR count). The van der Waals surface area contributed by atoms with Crippen molar-refractivity contribution in [3.63, 3.8) is 0 Å². The second-order valence-corrected chi connectivity index (χ2v) is 8.02. The SMILES string of the molecule is CCC1(COC)COC2(CC(C)(C)NC(C)(C)C2)OC1. The first kappa shape index (κ1) is 16.2. The topological polar surface area (TPSA) is 39.7 Å². The molecule has 2 saturated heterocycles. The minimum absolute atomic E-state index is 0.0131. The number of hydrogen-bond acceptors (Lipinski definition) is 4. The van der Waals surface area contributed by atoms with E-state index in [1.165, 1.54) is 0 Å². The second-order valence-electron chi connectivity index (χ2n) is 8.02. The Bertz CT molecular complexity index is 326. The normalized spacial score (nSPS) is 30.3. The zero-order chi connectivity index (χ0) is 15.1. The van der Waals surface area contributed by atoms with Gasteiger partial charge in [-0.3, -0.25) is 0 Å². The maximum absolute atomic E-state index is 6.29. The number of hydrogen-bond donors (Lipinski definition) is 1. The highest BCUT2D eigenvalue weighted by Gasteiger charge is 2.52.